The number of halogens is 1. The van der Waals surface area contributed by atoms with Gasteiger partial charge in [-0.25, -0.2) is 9.37 Å². The van der Waals surface area contributed by atoms with Gasteiger partial charge < -0.3 is 19.1 Å². The van der Waals surface area contributed by atoms with Crippen LogP contribution in [0.15, 0.2) is 115 Å². The zero-order valence-electron chi connectivity index (χ0n) is 25.9. The van der Waals surface area contributed by atoms with Crippen LogP contribution in [-0.2, 0) is 27.5 Å². The van der Waals surface area contributed by atoms with Gasteiger partial charge in [0, 0.05) is 61.3 Å². The van der Waals surface area contributed by atoms with E-state index in [2.05, 4.69) is 66.9 Å². The van der Waals surface area contributed by atoms with E-state index in [9.17, 15) is 4.39 Å². The Morgan fingerprint density at radius 3 is 2.30 bits per heavy atom. The molecule has 8 rings (SSSR count). The first-order valence-electron chi connectivity index (χ1n) is 15.5. The molecule has 236 valence electrons. The van der Waals surface area contributed by atoms with Crippen LogP contribution in [-0.4, -0.2) is 9.55 Å². The molecule has 5 aromatic carbocycles. The minimum Gasteiger partial charge on any atom is -0.509 e. The standard InChI is InChI=1S/C40H30FN4O.Pt/c1-3-10-28-22-29(43-26-44(36-14-7-5-12-34(36)41)38-16-9-8-15-37(38)43)24-31(23-28)46-30-17-18-33-32-11-4-6-13-35(32)45(39(33)25-30)40-21-27(2)19-20-42-40;/h4-9,11-23,26H,3,10H2,1-2H3;/q-3;. The van der Waals surface area contributed by atoms with Crippen molar-refractivity contribution in [3.63, 3.8) is 0 Å². The molecular weight excluding hydrogens is 767 g/mol. The van der Waals surface area contributed by atoms with E-state index in [1.165, 1.54) is 6.07 Å². The molecule has 7 heteroatoms. The van der Waals surface area contributed by atoms with Gasteiger partial charge in [0.2, 0.25) is 0 Å². The summed E-state index contributed by atoms with van der Waals surface area (Å²) < 4.78 is 23.6. The molecular formula is C40H30FN4OPt-3. The molecule has 1 aliphatic rings. The molecule has 7 aromatic rings. The Balaban J connectivity index is 0.00000351. The van der Waals surface area contributed by atoms with E-state index < -0.39 is 0 Å². The van der Waals surface area contributed by atoms with Crippen LogP contribution in [0, 0.1) is 31.5 Å². The number of anilines is 4. The van der Waals surface area contributed by atoms with Crippen LogP contribution in [0.5, 0.6) is 11.5 Å². The van der Waals surface area contributed by atoms with Gasteiger partial charge in [0.25, 0.3) is 0 Å². The maximum absolute atomic E-state index is 15.0. The smallest absolute Gasteiger partial charge is 0.144 e. The van der Waals surface area contributed by atoms with Crippen LogP contribution in [0.4, 0.5) is 27.1 Å². The summed E-state index contributed by atoms with van der Waals surface area (Å²) in [5.74, 6) is 1.72. The van der Waals surface area contributed by atoms with E-state index in [0.717, 1.165) is 68.7 Å². The number of nitrogens with zero attached hydrogens (tertiary/aromatic N) is 4. The molecule has 0 saturated carbocycles. The van der Waals surface area contributed by atoms with E-state index in [0.29, 0.717) is 17.2 Å². The van der Waals surface area contributed by atoms with Gasteiger partial charge in [0.1, 0.15) is 11.6 Å². The second-order valence-electron chi connectivity index (χ2n) is 11.5. The predicted octanol–water partition coefficient (Wildman–Crippen LogP) is 10.4. The summed E-state index contributed by atoms with van der Waals surface area (Å²) in [5, 5.41) is 2.21. The Kier molecular flexibility index (Phi) is 8.29. The largest absolute Gasteiger partial charge is 0.509 e. The molecule has 0 spiro atoms. The quantitative estimate of drug-likeness (QED) is 0.151. The summed E-state index contributed by atoms with van der Waals surface area (Å²) in [6, 6.07) is 42.5. The SMILES string of the molecule is CCCc1cc(Oc2[c-]c3c(cc2)c2ccccc2n3-c2cc(C)ccn2)[c-]c(N2[CH-]N(c3ccccc3F)c3ccccc32)c1.[Pt]. The molecule has 0 N–H and O–H groups in total. The molecule has 0 unspecified atom stereocenters. The zero-order chi connectivity index (χ0) is 31.2. The van der Waals surface area contributed by atoms with Gasteiger partial charge in [-0.1, -0.05) is 67.7 Å². The summed E-state index contributed by atoms with van der Waals surface area (Å²) in [4.78, 5) is 8.62. The molecule has 47 heavy (non-hydrogen) atoms. The van der Waals surface area contributed by atoms with Crippen LogP contribution in [0.3, 0.4) is 0 Å². The number of aryl methyl sites for hydroxylation is 2. The molecule has 0 aliphatic carbocycles. The van der Waals surface area contributed by atoms with Crippen LogP contribution in [0.1, 0.15) is 24.5 Å². The second kappa shape index (κ2) is 12.7. The van der Waals surface area contributed by atoms with Gasteiger partial charge >= 0.3 is 0 Å². The number of hydrogen-bond acceptors (Lipinski definition) is 4. The van der Waals surface area contributed by atoms with Crippen LogP contribution >= 0.6 is 0 Å². The minimum absolute atomic E-state index is 0. The number of fused-ring (bicyclic) bond motifs is 4. The second-order valence-corrected chi connectivity index (χ2v) is 11.5. The molecule has 0 amide bonds. The van der Waals surface area contributed by atoms with Gasteiger partial charge in [0.05, 0.1) is 0 Å². The Labute approximate surface area is 288 Å². The first-order valence-corrected chi connectivity index (χ1v) is 15.5. The van der Waals surface area contributed by atoms with E-state index in [4.69, 9.17) is 9.72 Å². The molecule has 0 saturated heterocycles. The molecule has 0 atom stereocenters. The molecule has 3 heterocycles. The van der Waals surface area contributed by atoms with Crippen molar-refractivity contribution < 1.29 is 30.2 Å². The number of ether oxygens (including phenoxy) is 1. The predicted molar refractivity (Wildman–Crippen MR) is 183 cm³/mol. The summed E-state index contributed by atoms with van der Waals surface area (Å²) in [5.41, 5.74) is 7.33. The number of rotatable bonds is 7. The monoisotopic (exact) mass is 796 g/mol. The van der Waals surface area contributed by atoms with Crippen molar-refractivity contribution in [2.75, 3.05) is 9.80 Å². The molecule has 2 aromatic heterocycles. The van der Waals surface area contributed by atoms with Crippen molar-refractivity contribution >= 4 is 44.6 Å². The van der Waals surface area contributed by atoms with Crippen molar-refractivity contribution in [2.45, 2.75) is 26.7 Å². The first kappa shape index (κ1) is 30.7. The number of pyridine rings is 1. The van der Waals surface area contributed by atoms with Gasteiger partial charge in [-0.05, 0) is 60.3 Å². The Bertz CT molecular complexity index is 2250. The fraction of sp³-hybridized carbons (Fsp3) is 0.100. The molecule has 0 bridgehead atoms. The topological polar surface area (TPSA) is 33.5 Å². The maximum Gasteiger partial charge on any atom is 0.144 e. The average Bonchev–Trinajstić information content (AvgIpc) is 3.61. The third kappa shape index (κ3) is 5.57. The summed E-state index contributed by atoms with van der Waals surface area (Å²) in [6.07, 6.45) is 3.69. The Morgan fingerprint density at radius 2 is 1.51 bits per heavy atom. The maximum atomic E-state index is 15.0. The summed E-state index contributed by atoms with van der Waals surface area (Å²) in [6.45, 7) is 6.15. The van der Waals surface area contributed by atoms with E-state index in [-0.39, 0.29) is 26.9 Å². The van der Waals surface area contributed by atoms with Crippen molar-refractivity contribution in [2.24, 2.45) is 0 Å². The normalized spacial score (nSPS) is 12.4. The number of aromatic nitrogens is 2. The van der Waals surface area contributed by atoms with Crippen molar-refractivity contribution in [1.82, 2.24) is 9.55 Å². The van der Waals surface area contributed by atoms with Crippen molar-refractivity contribution in [1.29, 1.82) is 0 Å². The first-order chi connectivity index (χ1) is 22.6. The Morgan fingerprint density at radius 1 is 0.766 bits per heavy atom. The zero-order valence-corrected chi connectivity index (χ0v) is 28.1. The molecule has 0 fully saturated rings. The summed E-state index contributed by atoms with van der Waals surface area (Å²) >= 11 is 0. The number of para-hydroxylation sites is 4. The minimum atomic E-state index is -0.285. The van der Waals surface area contributed by atoms with Crippen LogP contribution in [0.2, 0.25) is 0 Å². The van der Waals surface area contributed by atoms with Crippen molar-refractivity contribution in [3.8, 4) is 17.3 Å². The number of hydrogen-bond donors (Lipinski definition) is 0. The fourth-order valence-electron chi connectivity index (χ4n) is 6.28. The summed E-state index contributed by atoms with van der Waals surface area (Å²) in [7, 11) is 0. The molecule has 5 nitrogen and oxygen atoms in total. The number of benzene rings is 5. The molecule has 0 radical (unpaired) electrons. The Hall–Kier alpha value is -4.93. The molecule has 1 aliphatic heterocycles. The van der Waals surface area contributed by atoms with Gasteiger partial charge in [-0.15, -0.1) is 48.1 Å². The third-order valence-corrected chi connectivity index (χ3v) is 8.34. The van der Waals surface area contributed by atoms with Crippen LogP contribution in [0.25, 0.3) is 27.6 Å². The van der Waals surface area contributed by atoms with Crippen molar-refractivity contribution in [3.05, 3.63) is 151 Å². The third-order valence-electron chi connectivity index (χ3n) is 8.34. The van der Waals surface area contributed by atoms with Gasteiger partial charge in [-0.3, -0.25) is 0 Å². The average molecular weight is 797 g/mol. The van der Waals surface area contributed by atoms with Gasteiger partial charge in [-0.2, -0.15) is 11.6 Å². The van der Waals surface area contributed by atoms with E-state index in [1.807, 2.05) is 77.3 Å². The van der Waals surface area contributed by atoms with E-state index in [1.54, 1.807) is 12.1 Å². The van der Waals surface area contributed by atoms with E-state index >= 15 is 0 Å². The fourth-order valence-corrected chi connectivity index (χ4v) is 6.28. The van der Waals surface area contributed by atoms with Crippen LogP contribution < -0.4 is 14.5 Å². The van der Waals surface area contributed by atoms with Gasteiger partial charge in [0.15, 0.2) is 0 Å².